The summed E-state index contributed by atoms with van der Waals surface area (Å²) >= 11 is 0. The van der Waals surface area contributed by atoms with Crippen molar-refractivity contribution in [2.45, 2.75) is 44.3 Å². The summed E-state index contributed by atoms with van der Waals surface area (Å²) in [6.45, 7) is 0.494. The molecule has 2 aliphatic carbocycles. The highest BCUT2D eigenvalue weighted by molar-refractivity contribution is 5.98. The molecule has 0 radical (unpaired) electrons. The summed E-state index contributed by atoms with van der Waals surface area (Å²) in [5.41, 5.74) is 2.15. The fourth-order valence-electron chi connectivity index (χ4n) is 3.42. The van der Waals surface area contributed by atoms with Crippen LogP contribution in [0.4, 0.5) is 0 Å². The molecule has 0 heterocycles. The number of hydrogen-bond donors (Lipinski definition) is 1. The lowest BCUT2D eigenvalue weighted by Gasteiger charge is -2.24. The van der Waals surface area contributed by atoms with E-state index < -0.39 is 0 Å². The van der Waals surface area contributed by atoms with E-state index in [4.69, 9.17) is 9.47 Å². The van der Waals surface area contributed by atoms with Gasteiger partial charge in [0.05, 0.1) is 19.8 Å². The molecular weight excluding hydrogens is 368 g/mol. The average molecular weight is 394 g/mol. The molecule has 2 saturated carbocycles. The number of nitrogens with zero attached hydrogens (tertiary/aromatic N) is 1. The minimum Gasteiger partial charge on any atom is -0.493 e. The van der Waals surface area contributed by atoms with Gasteiger partial charge in [-0.25, -0.2) is 0 Å². The van der Waals surface area contributed by atoms with Gasteiger partial charge in [-0.15, -0.1) is 0 Å². The summed E-state index contributed by atoms with van der Waals surface area (Å²) < 4.78 is 10.8. The van der Waals surface area contributed by atoms with Crippen LogP contribution in [0.25, 0.3) is 0 Å². The lowest BCUT2D eigenvalue weighted by atomic mass is 10.1. The summed E-state index contributed by atoms with van der Waals surface area (Å²) in [6, 6.07) is 13.4. The SMILES string of the molecule is COc1cccc(C(=O)N(Cc2ccc(C(=O)NC3CC3)cc2)C2CC2)c1OC. The molecule has 2 fully saturated rings. The molecule has 29 heavy (non-hydrogen) atoms. The molecule has 6 nitrogen and oxygen atoms in total. The van der Waals surface area contributed by atoms with Crippen LogP contribution in [0.3, 0.4) is 0 Å². The van der Waals surface area contributed by atoms with Crippen LogP contribution in [0.2, 0.25) is 0 Å². The number of para-hydroxylation sites is 1. The minimum absolute atomic E-state index is 0.0321. The minimum atomic E-state index is -0.0706. The van der Waals surface area contributed by atoms with Crippen LogP contribution in [0, 0.1) is 0 Å². The Balaban J connectivity index is 1.51. The van der Waals surface area contributed by atoms with E-state index in [-0.39, 0.29) is 17.9 Å². The molecule has 0 atom stereocenters. The first-order chi connectivity index (χ1) is 14.1. The van der Waals surface area contributed by atoms with Gasteiger partial charge < -0.3 is 19.7 Å². The first-order valence-electron chi connectivity index (χ1n) is 10.0. The summed E-state index contributed by atoms with van der Waals surface area (Å²) in [6.07, 6.45) is 4.13. The molecule has 0 aromatic heterocycles. The predicted octanol–water partition coefficient (Wildman–Crippen LogP) is 3.40. The first kappa shape index (κ1) is 19.3. The van der Waals surface area contributed by atoms with Gasteiger partial charge in [0.2, 0.25) is 0 Å². The fraction of sp³-hybridized carbons (Fsp3) is 0.391. The number of ether oxygens (including phenoxy) is 2. The van der Waals surface area contributed by atoms with E-state index in [0.29, 0.717) is 35.2 Å². The van der Waals surface area contributed by atoms with Crippen LogP contribution in [0.1, 0.15) is 52.0 Å². The van der Waals surface area contributed by atoms with E-state index in [9.17, 15) is 9.59 Å². The number of benzene rings is 2. The van der Waals surface area contributed by atoms with Crippen LogP contribution in [-0.2, 0) is 6.54 Å². The van der Waals surface area contributed by atoms with Crippen LogP contribution >= 0.6 is 0 Å². The monoisotopic (exact) mass is 394 g/mol. The third kappa shape index (κ3) is 4.36. The van der Waals surface area contributed by atoms with Crippen LogP contribution < -0.4 is 14.8 Å². The Bertz CT molecular complexity index is 902. The maximum Gasteiger partial charge on any atom is 0.258 e. The van der Waals surface area contributed by atoms with E-state index in [1.807, 2.05) is 29.2 Å². The zero-order valence-electron chi connectivity index (χ0n) is 16.8. The van der Waals surface area contributed by atoms with Crippen LogP contribution in [0.5, 0.6) is 11.5 Å². The Morgan fingerprint density at radius 2 is 1.72 bits per heavy atom. The number of carbonyl (C=O) groups excluding carboxylic acids is 2. The Hall–Kier alpha value is -3.02. The largest absolute Gasteiger partial charge is 0.493 e. The van der Waals surface area contributed by atoms with E-state index in [0.717, 1.165) is 31.2 Å². The molecule has 0 unspecified atom stereocenters. The second-order valence-corrected chi connectivity index (χ2v) is 7.65. The van der Waals surface area contributed by atoms with Crippen molar-refractivity contribution in [2.75, 3.05) is 14.2 Å². The van der Waals surface area contributed by atoms with E-state index in [2.05, 4.69) is 5.32 Å². The number of amides is 2. The highest BCUT2D eigenvalue weighted by Crippen LogP contribution is 2.35. The lowest BCUT2D eigenvalue weighted by Crippen LogP contribution is -2.33. The summed E-state index contributed by atoms with van der Waals surface area (Å²) in [5.74, 6) is 0.895. The van der Waals surface area contributed by atoms with E-state index in [1.165, 1.54) is 0 Å². The molecule has 2 amide bonds. The van der Waals surface area contributed by atoms with Crippen molar-refractivity contribution in [1.82, 2.24) is 10.2 Å². The van der Waals surface area contributed by atoms with E-state index in [1.54, 1.807) is 32.4 Å². The van der Waals surface area contributed by atoms with Crippen molar-refractivity contribution in [3.8, 4) is 11.5 Å². The summed E-state index contributed by atoms with van der Waals surface area (Å²) in [4.78, 5) is 27.4. The standard InChI is InChI=1S/C23H26N2O4/c1-28-20-5-3-4-19(21(20)29-2)23(27)25(18-12-13-18)14-15-6-8-16(9-7-15)22(26)24-17-10-11-17/h3-9,17-18H,10-14H2,1-2H3,(H,24,26). The van der Waals surface area contributed by atoms with E-state index >= 15 is 0 Å². The highest BCUT2D eigenvalue weighted by atomic mass is 16.5. The topological polar surface area (TPSA) is 67.9 Å². The smallest absolute Gasteiger partial charge is 0.258 e. The molecule has 1 N–H and O–H groups in total. The third-order valence-electron chi connectivity index (χ3n) is 5.36. The second kappa shape index (κ2) is 8.15. The Morgan fingerprint density at radius 1 is 1.00 bits per heavy atom. The van der Waals surface area contributed by atoms with Crippen molar-refractivity contribution in [2.24, 2.45) is 0 Å². The highest BCUT2D eigenvalue weighted by Gasteiger charge is 2.34. The molecule has 0 aliphatic heterocycles. The van der Waals surface area contributed by atoms with Gasteiger partial charge in [0.25, 0.3) is 11.8 Å². The van der Waals surface area contributed by atoms with Crippen molar-refractivity contribution < 1.29 is 19.1 Å². The Labute approximate surface area is 170 Å². The van der Waals surface area contributed by atoms with Gasteiger partial charge in [0, 0.05) is 24.2 Å². The van der Waals surface area contributed by atoms with Gasteiger partial charge in [-0.2, -0.15) is 0 Å². The molecular formula is C23H26N2O4. The van der Waals surface area contributed by atoms with Gasteiger partial charge in [-0.1, -0.05) is 18.2 Å². The average Bonchev–Trinajstić information content (AvgIpc) is 3.66. The zero-order chi connectivity index (χ0) is 20.4. The fourth-order valence-corrected chi connectivity index (χ4v) is 3.42. The van der Waals surface area contributed by atoms with Crippen molar-refractivity contribution in [3.05, 3.63) is 59.2 Å². The lowest BCUT2D eigenvalue weighted by molar-refractivity contribution is 0.0725. The molecule has 2 aliphatic rings. The molecule has 2 aromatic rings. The van der Waals surface area contributed by atoms with Gasteiger partial charge in [-0.05, 0) is 55.5 Å². The second-order valence-electron chi connectivity index (χ2n) is 7.65. The zero-order valence-corrected chi connectivity index (χ0v) is 16.8. The predicted molar refractivity (Wildman–Crippen MR) is 109 cm³/mol. The third-order valence-corrected chi connectivity index (χ3v) is 5.36. The number of methoxy groups -OCH3 is 2. The number of nitrogens with one attached hydrogen (secondary N) is 1. The molecule has 0 saturated heterocycles. The van der Waals surface area contributed by atoms with Gasteiger partial charge in [0.15, 0.2) is 11.5 Å². The number of hydrogen-bond acceptors (Lipinski definition) is 4. The summed E-state index contributed by atoms with van der Waals surface area (Å²) in [7, 11) is 3.10. The molecule has 152 valence electrons. The van der Waals surface area contributed by atoms with Crippen molar-refractivity contribution in [3.63, 3.8) is 0 Å². The van der Waals surface area contributed by atoms with Crippen LogP contribution in [-0.4, -0.2) is 43.0 Å². The molecule has 4 rings (SSSR count). The number of rotatable bonds is 8. The summed E-state index contributed by atoms with van der Waals surface area (Å²) in [5, 5.41) is 2.99. The first-order valence-corrected chi connectivity index (χ1v) is 10.0. The maximum atomic E-state index is 13.3. The normalized spacial score (nSPS) is 15.5. The Kier molecular flexibility index (Phi) is 5.43. The Morgan fingerprint density at radius 3 is 2.31 bits per heavy atom. The molecule has 0 spiro atoms. The van der Waals surface area contributed by atoms with Gasteiger partial charge in [-0.3, -0.25) is 9.59 Å². The van der Waals surface area contributed by atoms with Crippen molar-refractivity contribution in [1.29, 1.82) is 0 Å². The molecule has 6 heteroatoms. The molecule has 0 bridgehead atoms. The van der Waals surface area contributed by atoms with Crippen LogP contribution in [0.15, 0.2) is 42.5 Å². The quantitative estimate of drug-likeness (QED) is 0.745. The number of carbonyl (C=O) groups is 2. The van der Waals surface area contributed by atoms with Crippen molar-refractivity contribution >= 4 is 11.8 Å². The van der Waals surface area contributed by atoms with Gasteiger partial charge in [0.1, 0.15) is 0 Å². The van der Waals surface area contributed by atoms with Gasteiger partial charge >= 0.3 is 0 Å². The maximum absolute atomic E-state index is 13.3. The molecule has 2 aromatic carbocycles.